The van der Waals surface area contributed by atoms with Gasteiger partial charge in [-0.1, -0.05) is 162 Å². The molecule has 0 aliphatic carbocycles. The van der Waals surface area contributed by atoms with E-state index in [1.165, 1.54) is 19.3 Å². The Kier molecular flexibility index (Phi) is 39.8. The minimum atomic E-state index is -1.99. The summed E-state index contributed by atoms with van der Waals surface area (Å²) >= 11 is 0. The largest absolute Gasteiger partial charge is 0.394 e. The molecule has 0 spiro atoms. The summed E-state index contributed by atoms with van der Waals surface area (Å²) in [5, 5.41) is 120. The molecule has 3 rings (SSSR count). The van der Waals surface area contributed by atoms with Crippen molar-refractivity contribution in [2.24, 2.45) is 0 Å². The molecule has 0 saturated carbocycles. The highest BCUT2D eigenvalue weighted by molar-refractivity contribution is 5.76. The van der Waals surface area contributed by atoms with E-state index in [1.807, 2.05) is 6.08 Å². The lowest BCUT2D eigenvalue weighted by atomic mass is 9.96. The van der Waals surface area contributed by atoms with Gasteiger partial charge in [0.25, 0.3) is 0 Å². The van der Waals surface area contributed by atoms with Gasteiger partial charge >= 0.3 is 0 Å². The number of hydrogen-bond donors (Lipinski definition) is 12. The third kappa shape index (κ3) is 28.1. The Labute approximate surface area is 487 Å². The first-order valence-corrected chi connectivity index (χ1v) is 30.1. The van der Waals surface area contributed by atoms with Crippen molar-refractivity contribution in [3.8, 4) is 0 Å². The van der Waals surface area contributed by atoms with Gasteiger partial charge in [0, 0.05) is 6.42 Å². The molecule has 17 atom stereocenters. The summed E-state index contributed by atoms with van der Waals surface area (Å²) in [6.07, 6.45) is 30.9. The van der Waals surface area contributed by atoms with Gasteiger partial charge in [-0.05, 0) is 89.9 Å². The Bertz CT molecular complexity index is 1920. The lowest BCUT2D eigenvalue weighted by molar-refractivity contribution is -0.379. The Morgan fingerprint density at radius 3 is 1.37 bits per heavy atom. The van der Waals surface area contributed by atoms with Crippen LogP contribution < -0.4 is 5.32 Å². The molecule has 0 radical (unpaired) electrons. The summed E-state index contributed by atoms with van der Waals surface area (Å²) in [7, 11) is 0. The van der Waals surface area contributed by atoms with Crippen LogP contribution in [0, 0.1) is 0 Å². The predicted octanol–water partition coefficient (Wildman–Crippen LogP) is 5.53. The molecule has 12 N–H and O–H groups in total. The van der Waals surface area contributed by atoms with Crippen LogP contribution in [0.3, 0.4) is 0 Å². The summed E-state index contributed by atoms with van der Waals surface area (Å²) in [5.41, 5.74) is 0. The fraction of sp³-hybridized carbons (Fsp3) is 0.698. The first-order chi connectivity index (χ1) is 39.8. The zero-order valence-electron chi connectivity index (χ0n) is 48.7. The van der Waals surface area contributed by atoms with Gasteiger partial charge in [0.15, 0.2) is 18.9 Å². The van der Waals surface area contributed by atoms with Crippen LogP contribution in [0.5, 0.6) is 0 Å². The molecule has 82 heavy (non-hydrogen) atoms. The minimum absolute atomic E-state index is 0.205. The van der Waals surface area contributed by atoms with Crippen molar-refractivity contribution in [1.82, 2.24) is 5.32 Å². The molecule has 0 aromatic carbocycles. The lowest BCUT2D eigenvalue weighted by Crippen LogP contribution is -2.66. The molecule has 19 nitrogen and oxygen atoms in total. The molecule has 3 saturated heterocycles. The highest BCUT2D eigenvalue weighted by atomic mass is 16.8. The third-order valence-electron chi connectivity index (χ3n) is 14.3. The SMILES string of the molecule is CC/C=C\C/C=C\C/C=C\C/C=C\C/C=C\C/C=C\C/C=C\CCCCCCCC(=O)NC(COC1OC(CO)C(OC2OC(CO)C(OC3OC(CO)C(O)C(O)C3O)C(O)C2O)C(O)C1O)C(O)/C=C/CC/C=C/CCCCCC. The number of carbonyl (C=O) groups excluding carboxylic acids is 1. The first kappa shape index (κ1) is 72.7. The lowest BCUT2D eigenvalue weighted by Gasteiger charge is -2.48. The van der Waals surface area contributed by atoms with E-state index in [1.54, 1.807) is 6.08 Å². The minimum Gasteiger partial charge on any atom is -0.394 e. The quantitative estimate of drug-likeness (QED) is 0.0264. The van der Waals surface area contributed by atoms with Crippen LogP contribution in [-0.2, 0) is 33.2 Å². The van der Waals surface area contributed by atoms with Crippen LogP contribution in [0.4, 0.5) is 0 Å². The number of carbonyl (C=O) groups is 1. The van der Waals surface area contributed by atoms with Crippen molar-refractivity contribution in [1.29, 1.82) is 0 Å². The second-order valence-corrected chi connectivity index (χ2v) is 21.1. The van der Waals surface area contributed by atoms with Gasteiger partial charge in [0.2, 0.25) is 5.91 Å². The fourth-order valence-corrected chi connectivity index (χ4v) is 9.36. The number of rotatable bonds is 42. The highest BCUT2D eigenvalue weighted by Gasteiger charge is 2.53. The van der Waals surface area contributed by atoms with E-state index >= 15 is 0 Å². The Hall–Kier alpha value is -3.55. The molecule has 1 amide bonds. The average molecular weight is 1160 g/mol. The first-order valence-electron chi connectivity index (χ1n) is 30.1. The van der Waals surface area contributed by atoms with Crippen molar-refractivity contribution in [3.63, 3.8) is 0 Å². The molecule has 3 fully saturated rings. The summed E-state index contributed by atoms with van der Waals surface area (Å²) < 4.78 is 34.1. The number of unbranched alkanes of at least 4 members (excludes halogenated alkanes) is 10. The van der Waals surface area contributed by atoms with Gasteiger partial charge in [-0.2, -0.15) is 0 Å². The number of aliphatic hydroxyl groups is 11. The fourth-order valence-electron chi connectivity index (χ4n) is 9.36. The third-order valence-corrected chi connectivity index (χ3v) is 14.3. The zero-order chi connectivity index (χ0) is 59.7. The van der Waals surface area contributed by atoms with Crippen LogP contribution in [0.25, 0.3) is 0 Å². The molecule has 3 aliphatic heterocycles. The molecule has 0 aromatic rings. The Balaban J connectivity index is 1.45. The van der Waals surface area contributed by atoms with Crippen LogP contribution in [0.15, 0.2) is 109 Å². The summed E-state index contributed by atoms with van der Waals surface area (Å²) in [4.78, 5) is 13.3. The van der Waals surface area contributed by atoms with Crippen LogP contribution in [0.1, 0.15) is 149 Å². The van der Waals surface area contributed by atoms with E-state index in [-0.39, 0.29) is 18.9 Å². The molecular formula is C63H103NO18. The topological polar surface area (TPSA) is 307 Å². The summed E-state index contributed by atoms with van der Waals surface area (Å²) in [6.45, 7) is 1.49. The molecule has 3 aliphatic rings. The number of hydrogen-bond acceptors (Lipinski definition) is 18. The second kappa shape index (κ2) is 44.9. The Morgan fingerprint density at radius 2 is 0.854 bits per heavy atom. The smallest absolute Gasteiger partial charge is 0.220 e. The molecule has 0 bridgehead atoms. The maximum absolute atomic E-state index is 13.3. The molecule has 0 aromatic heterocycles. The molecular weight excluding hydrogens is 1060 g/mol. The number of ether oxygens (including phenoxy) is 6. The van der Waals surface area contributed by atoms with Crippen molar-refractivity contribution < 1.29 is 89.4 Å². The van der Waals surface area contributed by atoms with Crippen LogP contribution in [-0.4, -0.2) is 193 Å². The van der Waals surface area contributed by atoms with Crippen molar-refractivity contribution >= 4 is 5.91 Å². The van der Waals surface area contributed by atoms with Crippen molar-refractivity contribution in [2.45, 2.75) is 253 Å². The van der Waals surface area contributed by atoms with Gasteiger partial charge in [-0.15, -0.1) is 0 Å². The molecule has 19 heteroatoms. The van der Waals surface area contributed by atoms with Gasteiger partial charge in [-0.25, -0.2) is 0 Å². The standard InChI is InChI=1S/C63H103NO18/c1-3-5-7-9-11-13-15-16-17-18-19-20-21-22-23-24-25-26-27-28-29-30-31-33-35-37-39-41-51(69)64-46(47(68)40-38-36-34-32-14-12-10-8-6-4-2)45-77-61-57(75)54(72)59(49(43-66)79-61)82-63-58(76)55(73)60(50(44-67)80-63)81-62-56(74)53(71)52(70)48(42-65)78-62/h5,7,11,13-14,16-17,19-20,22-23,25-26,28-29,32,38,40,46-50,52-63,65-68,70-76H,3-4,6,8-10,12,15,18,21,24,27,30-31,33-37,39,41-45H2,1-2H3,(H,64,69)/b7-5-,13-11-,17-16-,20-19-,23-22-,26-25-,29-28-,32-14+,40-38+. The summed E-state index contributed by atoms with van der Waals surface area (Å²) in [5.74, 6) is -0.313. The zero-order valence-corrected chi connectivity index (χ0v) is 48.7. The van der Waals surface area contributed by atoms with Crippen molar-refractivity contribution in [3.05, 3.63) is 109 Å². The molecule has 3 heterocycles. The van der Waals surface area contributed by atoms with E-state index in [0.29, 0.717) is 12.8 Å². The Morgan fingerprint density at radius 1 is 0.451 bits per heavy atom. The summed E-state index contributed by atoms with van der Waals surface area (Å²) in [6, 6.07) is -1.01. The number of allylic oxidation sites excluding steroid dienone is 17. The van der Waals surface area contributed by atoms with E-state index in [2.05, 4.69) is 116 Å². The number of nitrogens with one attached hydrogen (secondary N) is 1. The van der Waals surface area contributed by atoms with Gasteiger partial charge in [0.05, 0.1) is 38.6 Å². The van der Waals surface area contributed by atoms with E-state index in [0.717, 1.165) is 96.3 Å². The molecule has 468 valence electrons. The van der Waals surface area contributed by atoms with Gasteiger partial charge < -0.3 is 89.9 Å². The maximum atomic E-state index is 13.3. The average Bonchev–Trinajstić information content (AvgIpc) is 3.64. The number of amides is 1. The maximum Gasteiger partial charge on any atom is 0.220 e. The highest BCUT2D eigenvalue weighted by Crippen LogP contribution is 2.33. The van der Waals surface area contributed by atoms with Gasteiger partial charge in [0.1, 0.15) is 73.2 Å². The van der Waals surface area contributed by atoms with Gasteiger partial charge in [-0.3, -0.25) is 4.79 Å². The van der Waals surface area contributed by atoms with Crippen LogP contribution in [0.2, 0.25) is 0 Å². The van der Waals surface area contributed by atoms with E-state index < -0.39 is 124 Å². The van der Waals surface area contributed by atoms with E-state index in [4.69, 9.17) is 28.4 Å². The van der Waals surface area contributed by atoms with E-state index in [9.17, 15) is 61.0 Å². The predicted molar refractivity (Wildman–Crippen MR) is 313 cm³/mol. The van der Waals surface area contributed by atoms with Crippen molar-refractivity contribution in [2.75, 3.05) is 26.4 Å². The number of aliphatic hydroxyl groups excluding tert-OH is 11. The monoisotopic (exact) mass is 1160 g/mol. The second-order valence-electron chi connectivity index (χ2n) is 21.1. The normalized spacial score (nSPS) is 30.4. The van der Waals surface area contributed by atoms with Crippen LogP contribution >= 0.6 is 0 Å². The molecule has 17 unspecified atom stereocenters.